The van der Waals surface area contributed by atoms with Gasteiger partial charge in [0, 0.05) is 30.3 Å². The maximum atomic E-state index is 12.7. The van der Waals surface area contributed by atoms with E-state index in [1.165, 1.54) is 25.3 Å². The highest BCUT2D eigenvalue weighted by molar-refractivity contribution is 5.95. The van der Waals surface area contributed by atoms with E-state index in [2.05, 4.69) is 10.6 Å². The van der Waals surface area contributed by atoms with Crippen molar-refractivity contribution in [2.24, 2.45) is 5.73 Å². The van der Waals surface area contributed by atoms with Gasteiger partial charge >= 0.3 is 0 Å². The number of amides is 2. The third-order valence-corrected chi connectivity index (χ3v) is 5.87. The molecule has 8 nitrogen and oxygen atoms in total. The molecule has 1 saturated heterocycles. The third kappa shape index (κ3) is 5.47. The monoisotopic (exact) mass is 401 g/mol. The third-order valence-electron chi connectivity index (χ3n) is 5.87. The van der Waals surface area contributed by atoms with Crippen molar-refractivity contribution in [2.45, 2.75) is 63.6 Å². The van der Waals surface area contributed by atoms with Gasteiger partial charge in [0.05, 0.1) is 6.54 Å². The molecular formula is C21H31N5O3. The quantitative estimate of drug-likeness (QED) is 0.346. The molecule has 0 radical (unpaired) electrons. The number of aromatic hydroxyl groups is 1. The minimum absolute atomic E-state index is 0.0194. The van der Waals surface area contributed by atoms with E-state index in [9.17, 15) is 14.7 Å². The Morgan fingerprint density at radius 1 is 1.17 bits per heavy atom. The summed E-state index contributed by atoms with van der Waals surface area (Å²) in [4.78, 5) is 27.0. The second-order valence-corrected chi connectivity index (χ2v) is 7.94. The maximum Gasteiger partial charge on any atom is 0.243 e. The van der Waals surface area contributed by atoms with Crippen molar-refractivity contribution in [1.29, 1.82) is 5.41 Å². The highest BCUT2D eigenvalue weighted by Gasteiger charge is 2.34. The maximum absolute atomic E-state index is 12.7. The van der Waals surface area contributed by atoms with E-state index in [4.69, 9.17) is 11.1 Å². The van der Waals surface area contributed by atoms with Crippen LogP contribution in [0.15, 0.2) is 18.2 Å². The topological polar surface area (TPSA) is 132 Å². The summed E-state index contributed by atoms with van der Waals surface area (Å²) in [6.45, 7) is 1.03. The summed E-state index contributed by atoms with van der Waals surface area (Å²) in [6, 6.07) is 4.62. The van der Waals surface area contributed by atoms with Crippen molar-refractivity contribution in [3.05, 3.63) is 29.3 Å². The van der Waals surface area contributed by atoms with Gasteiger partial charge in [0.25, 0.3) is 0 Å². The molecule has 0 bridgehead atoms. The van der Waals surface area contributed by atoms with Crippen molar-refractivity contribution < 1.29 is 14.7 Å². The van der Waals surface area contributed by atoms with Crippen LogP contribution in [0.25, 0.3) is 0 Å². The van der Waals surface area contributed by atoms with Gasteiger partial charge in [0.1, 0.15) is 17.6 Å². The Morgan fingerprint density at radius 2 is 1.93 bits per heavy atom. The molecule has 0 aromatic heterocycles. The Bertz CT molecular complexity index is 761. The lowest BCUT2D eigenvalue weighted by Crippen LogP contribution is -2.49. The lowest BCUT2D eigenvalue weighted by molar-refractivity contribution is -0.138. The molecule has 8 heteroatoms. The zero-order valence-corrected chi connectivity index (χ0v) is 16.7. The SMILES string of the molecule is N=C(N)c1ccc(CNC(=O)[C@H]2CCCN2C(=O)CNC2CCCCC2)c(O)c1. The number of rotatable bonds is 7. The van der Waals surface area contributed by atoms with Crippen LogP contribution in [0.3, 0.4) is 0 Å². The average molecular weight is 402 g/mol. The molecule has 29 heavy (non-hydrogen) atoms. The first kappa shape index (κ1) is 21.1. The number of amidine groups is 1. The number of phenols is 1. The average Bonchev–Trinajstić information content (AvgIpc) is 3.21. The Balaban J connectivity index is 1.51. The number of hydrogen-bond acceptors (Lipinski definition) is 5. The first-order valence-corrected chi connectivity index (χ1v) is 10.4. The Labute approximate surface area is 171 Å². The van der Waals surface area contributed by atoms with Crippen LogP contribution in [-0.2, 0) is 16.1 Å². The zero-order valence-electron chi connectivity index (χ0n) is 16.7. The smallest absolute Gasteiger partial charge is 0.243 e. The predicted octanol–water partition coefficient (Wildman–Crippen LogP) is 1.21. The fraction of sp³-hybridized carbons (Fsp3) is 0.571. The first-order valence-electron chi connectivity index (χ1n) is 10.4. The summed E-state index contributed by atoms with van der Waals surface area (Å²) in [5, 5.41) is 23.7. The molecule has 1 saturated carbocycles. The molecule has 1 aromatic carbocycles. The van der Waals surface area contributed by atoms with Crippen LogP contribution in [0, 0.1) is 5.41 Å². The number of hydrogen-bond donors (Lipinski definition) is 5. The molecular weight excluding hydrogens is 370 g/mol. The van der Waals surface area contributed by atoms with Crippen LogP contribution in [0.5, 0.6) is 5.75 Å². The number of phenolic OH excluding ortho intramolecular Hbond substituents is 1. The molecule has 0 spiro atoms. The second-order valence-electron chi connectivity index (χ2n) is 7.94. The zero-order chi connectivity index (χ0) is 20.8. The van der Waals surface area contributed by atoms with Gasteiger partial charge in [-0.1, -0.05) is 31.4 Å². The van der Waals surface area contributed by atoms with E-state index in [0.29, 0.717) is 30.1 Å². The molecule has 1 atom stereocenters. The highest BCUT2D eigenvalue weighted by Crippen LogP contribution is 2.21. The number of nitrogens with one attached hydrogen (secondary N) is 3. The summed E-state index contributed by atoms with van der Waals surface area (Å²) < 4.78 is 0. The predicted molar refractivity (Wildman–Crippen MR) is 111 cm³/mol. The van der Waals surface area contributed by atoms with Crippen LogP contribution in [0.1, 0.15) is 56.1 Å². The van der Waals surface area contributed by atoms with Gasteiger partial charge in [-0.05, 0) is 31.7 Å². The summed E-state index contributed by atoms with van der Waals surface area (Å²) in [6.07, 6.45) is 7.38. The van der Waals surface area contributed by atoms with E-state index < -0.39 is 6.04 Å². The van der Waals surface area contributed by atoms with Crippen LogP contribution >= 0.6 is 0 Å². The summed E-state index contributed by atoms with van der Waals surface area (Å²) in [5.41, 5.74) is 6.38. The molecule has 6 N–H and O–H groups in total. The van der Waals surface area contributed by atoms with E-state index in [-0.39, 0.29) is 36.5 Å². The minimum Gasteiger partial charge on any atom is -0.508 e. The van der Waals surface area contributed by atoms with E-state index in [1.54, 1.807) is 17.0 Å². The van der Waals surface area contributed by atoms with Crippen molar-refractivity contribution in [3.8, 4) is 5.75 Å². The Kier molecular flexibility index (Phi) is 7.09. The lowest BCUT2D eigenvalue weighted by atomic mass is 9.95. The largest absolute Gasteiger partial charge is 0.508 e. The fourth-order valence-electron chi connectivity index (χ4n) is 4.16. The van der Waals surface area contributed by atoms with Crippen molar-refractivity contribution in [1.82, 2.24) is 15.5 Å². The summed E-state index contributed by atoms with van der Waals surface area (Å²) >= 11 is 0. The molecule has 3 rings (SSSR count). The van der Waals surface area contributed by atoms with Gasteiger partial charge in [0.2, 0.25) is 11.8 Å². The van der Waals surface area contributed by atoms with Gasteiger partial charge < -0.3 is 26.4 Å². The molecule has 2 amide bonds. The summed E-state index contributed by atoms with van der Waals surface area (Å²) in [5.74, 6) is -0.377. The van der Waals surface area contributed by atoms with Crippen LogP contribution in [0.2, 0.25) is 0 Å². The molecule has 1 aromatic rings. The lowest BCUT2D eigenvalue weighted by Gasteiger charge is -2.27. The standard InChI is InChI=1S/C21H31N5O3/c22-20(23)14-8-9-15(18(27)11-14)12-25-21(29)17-7-4-10-26(17)19(28)13-24-16-5-2-1-3-6-16/h8-9,11,16-17,24,27H,1-7,10,12-13H2,(H3,22,23)(H,25,29)/t17-/m1/s1. The van der Waals surface area contributed by atoms with Crippen molar-refractivity contribution >= 4 is 17.6 Å². The number of carbonyl (C=O) groups is 2. The summed E-state index contributed by atoms with van der Waals surface area (Å²) in [7, 11) is 0. The van der Waals surface area contributed by atoms with E-state index in [0.717, 1.165) is 19.3 Å². The van der Waals surface area contributed by atoms with Gasteiger partial charge in [-0.3, -0.25) is 15.0 Å². The number of nitrogens with two attached hydrogens (primary N) is 1. The highest BCUT2D eigenvalue weighted by atomic mass is 16.3. The first-order chi connectivity index (χ1) is 14.0. The van der Waals surface area contributed by atoms with Crippen LogP contribution < -0.4 is 16.4 Å². The molecule has 1 aliphatic carbocycles. The van der Waals surface area contributed by atoms with Crippen molar-refractivity contribution in [3.63, 3.8) is 0 Å². The number of benzene rings is 1. The molecule has 0 unspecified atom stereocenters. The van der Waals surface area contributed by atoms with Crippen LogP contribution in [0.4, 0.5) is 0 Å². The van der Waals surface area contributed by atoms with Crippen LogP contribution in [-0.4, -0.2) is 52.8 Å². The van der Waals surface area contributed by atoms with Gasteiger partial charge in [-0.2, -0.15) is 0 Å². The number of nitrogen functional groups attached to an aromatic ring is 1. The molecule has 2 fully saturated rings. The molecule has 1 aliphatic heterocycles. The van der Waals surface area contributed by atoms with E-state index in [1.807, 2.05) is 0 Å². The second kappa shape index (κ2) is 9.73. The number of carbonyl (C=O) groups excluding carboxylic acids is 2. The van der Waals surface area contributed by atoms with E-state index >= 15 is 0 Å². The Hall–Kier alpha value is -2.61. The van der Waals surface area contributed by atoms with Gasteiger partial charge in [-0.15, -0.1) is 0 Å². The fourth-order valence-corrected chi connectivity index (χ4v) is 4.16. The van der Waals surface area contributed by atoms with Gasteiger partial charge in [-0.25, -0.2) is 0 Å². The number of nitrogens with zero attached hydrogens (tertiary/aromatic N) is 1. The molecule has 1 heterocycles. The molecule has 2 aliphatic rings. The van der Waals surface area contributed by atoms with Gasteiger partial charge in [0.15, 0.2) is 0 Å². The number of likely N-dealkylation sites (tertiary alicyclic amines) is 1. The Morgan fingerprint density at radius 3 is 2.62 bits per heavy atom. The van der Waals surface area contributed by atoms with Crippen molar-refractivity contribution in [2.75, 3.05) is 13.1 Å². The normalized spacial score (nSPS) is 19.9. The minimum atomic E-state index is -0.464. The molecule has 158 valence electrons.